The summed E-state index contributed by atoms with van der Waals surface area (Å²) in [5.74, 6) is 0. The van der Waals surface area contributed by atoms with Gasteiger partial charge in [0.25, 0.3) is 0 Å². The van der Waals surface area contributed by atoms with Gasteiger partial charge in [-0.25, -0.2) is 0 Å². The zero-order valence-corrected chi connectivity index (χ0v) is 39.8. The minimum Gasteiger partial charge on any atom is -0.146 e. The standard InChI is InChI=1S/CHB68/c2-37-58(41(3)4)62(65(48(17)18)49(19)20)39(61(46(13)14)47(15)16)1(38(59(42(5)6)43(7)8)60(44(9)10)45(11)12)40(63(66(50(21)22)51(23)24)67(52(25)26)53(27)28)64(68(54(29)30)55(31)32)69(56(33)34)57(35)36/h1H. The van der Waals surface area contributed by atoms with Crippen LogP contribution in [-0.2, 0) is 0 Å². The van der Waals surface area contributed by atoms with Gasteiger partial charge in [0.2, 0.25) is 0 Å². The Bertz CT molecular complexity index is 1130. The van der Waals surface area contributed by atoms with E-state index in [2.05, 4.69) is 0 Å². The summed E-state index contributed by atoms with van der Waals surface area (Å²) in [5, 5.41) is 0. The van der Waals surface area contributed by atoms with Crippen LogP contribution >= 0.6 is 0 Å². The van der Waals surface area contributed by atoms with E-state index in [9.17, 15) is 0 Å². The molecule has 0 bridgehead atoms. The molecule has 1 unspecified atom stereocenters. The van der Waals surface area contributed by atoms with E-state index in [0.29, 0.717) is 0 Å². The van der Waals surface area contributed by atoms with Gasteiger partial charge >= 0.3 is 0 Å². The monoisotopic (exact) mass is 762 g/mol. The molecule has 0 nitrogen and oxygen atoms in total. The summed E-state index contributed by atoms with van der Waals surface area (Å²) in [4.78, 5) is 0. The maximum Gasteiger partial charge on any atom is 0.0294 e. The largest absolute Gasteiger partial charge is 0.146 e. The van der Waals surface area contributed by atoms with Crippen molar-refractivity contribution in [2.75, 3.05) is 0 Å². The average molecular weight is 748 g/mol. The first kappa shape index (κ1) is 73.4. The van der Waals surface area contributed by atoms with Crippen LogP contribution in [0.5, 0.6) is 0 Å². The molecule has 0 saturated carbocycles. The molecule has 209 valence electrons. The van der Waals surface area contributed by atoms with Gasteiger partial charge in [-0.2, -0.15) is 0 Å². The fourth-order valence-electron chi connectivity index (χ4n) is 12.1. The van der Waals surface area contributed by atoms with Crippen LogP contribution in [-0.4, -0.2) is 483 Å². The summed E-state index contributed by atoms with van der Waals surface area (Å²) in [6.07, 6.45) is -43.8. The zero-order valence-electron chi connectivity index (χ0n) is 39.8. The summed E-state index contributed by atoms with van der Waals surface area (Å²) < 4.78 is 0. The normalized spacial score (nSPS) is 10.3. The molecule has 0 fully saturated rings. The number of rotatable bonds is 33. The van der Waals surface area contributed by atoms with Crippen molar-refractivity contribution in [2.24, 2.45) is 0 Å². The molecular formula is CHB68. The van der Waals surface area contributed by atoms with Crippen LogP contribution < -0.4 is 0 Å². The molecule has 0 saturated heterocycles. The second kappa shape index (κ2) is 33.9. The van der Waals surface area contributed by atoms with E-state index < -0.39 is 210 Å². The van der Waals surface area contributed by atoms with E-state index in [0.717, 1.165) is 7.06 Å². The molecule has 0 aromatic carbocycles. The van der Waals surface area contributed by atoms with Crippen molar-refractivity contribution in [2.45, 2.75) is 5.62 Å². The van der Waals surface area contributed by atoms with Gasteiger partial charge in [-0.3, -0.25) is 0 Å². The van der Waals surface area contributed by atoms with E-state index in [-0.39, 0.29) is 0 Å². The van der Waals surface area contributed by atoms with Crippen molar-refractivity contribution in [1.29, 1.82) is 0 Å². The molecule has 0 aliphatic carbocycles. The van der Waals surface area contributed by atoms with E-state index in [4.69, 9.17) is 271 Å². The average Bonchev–Trinajstić information content (AvgIpc) is 3.12. The highest BCUT2D eigenvalue weighted by Gasteiger charge is 2.63. The molecular weight excluding hydrogens is 747 g/mol. The topological polar surface area (TPSA) is 0 Å². The van der Waals surface area contributed by atoms with Crippen LogP contribution in [0.4, 0.5) is 0 Å². The van der Waals surface area contributed by atoms with Crippen LogP contribution in [0, 0.1) is 0 Å². The summed E-state index contributed by atoms with van der Waals surface area (Å²) in [6.45, 7) is -4.81. The first-order chi connectivity index (χ1) is 31.4. The SMILES string of the molecule is [B][B]B(B([B])[B])B(B(B([B])[B])B([B])[B])B(B(B([B])[B])B([B])[B])C(B(B(B([B])[B])B([B])[B])B(B([B])[B])B([B])[B])B(B(B(B([B])[B])B([B])[B])B(B([B])[B])B([B])[B])B(B(B([B])[B])B([B])[B])B(B([B])[B])B([B])[B]. The smallest absolute Gasteiger partial charge is 0.0294 e. The van der Waals surface area contributed by atoms with Gasteiger partial charge in [0.05, 0.1) is 0 Å². The quantitative estimate of drug-likeness (QED) is 0.0587. The van der Waals surface area contributed by atoms with E-state index in [1.54, 1.807) is 0 Å². The number of hydrogen-bond acceptors (Lipinski definition) is 0. The van der Waals surface area contributed by atoms with Crippen molar-refractivity contribution < 1.29 is 0 Å². The van der Waals surface area contributed by atoms with E-state index in [1.165, 1.54) is 0 Å². The van der Waals surface area contributed by atoms with Crippen molar-refractivity contribution in [3.63, 3.8) is 0 Å². The molecule has 0 heterocycles. The third-order valence-electron chi connectivity index (χ3n) is 14.4. The lowest BCUT2D eigenvalue weighted by Gasteiger charge is -2.61. The lowest BCUT2D eigenvalue weighted by molar-refractivity contribution is 1.80. The molecule has 0 aromatic rings. The second-order valence-corrected chi connectivity index (χ2v) is 19.2. The van der Waals surface area contributed by atoms with Gasteiger partial charge in [0.15, 0.2) is 0 Å². The Labute approximate surface area is 483 Å². The first-order valence-corrected chi connectivity index (χ1v) is 22.7. The Hall–Kier alpha value is 4.42. The Balaban J connectivity index is 11.6. The molecule has 1 atom stereocenters. The molecule has 69 heavy (non-hydrogen) atoms. The molecule has 0 spiro atoms. The first-order valence-electron chi connectivity index (χ1n) is 22.7. The van der Waals surface area contributed by atoms with Crippen LogP contribution in [0.3, 0.4) is 0 Å². The van der Waals surface area contributed by atoms with Gasteiger partial charge < -0.3 is 0 Å². The lowest BCUT2D eigenvalue weighted by Crippen LogP contribution is -2.93. The van der Waals surface area contributed by atoms with Crippen LogP contribution in [0.2, 0.25) is 5.62 Å². The Kier molecular flexibility index (Phi) is 36.0. The highest BCUT2D eigenvalue weighted by Crippen LogP contribution is 2.34. The summed E-state index contributed by atoms with van der Waals surface area (Å²) in [7, 11) is 236. The molecule has 0 N–H and O–H groups in total. The number of hydrogen-bond donors (Lipinski definition) is 0. The molecule has 0 amide bonds. The van der Waals surface area contributed by atoms with E-state index in [1.807, 2.05) is 0 Å². The van der Waals surface area contributed by atoms with Gasteiger partial charge in [0.1, 0.15) is 0 Å². The van der Waals surface area contributed by atoms with Gasteiger partial charge in [-0.05, 0) is 0 Å². The Morgan fingerprint density at radius 2 is 0.319 bits per heavy atom. The van der Waals surface area contributed by atoms with Gasteiger partial charge in [-0.1, -0.05) is 0 Å². The summed E-state index contributed by atoms with van der Waals surface area (Å²) in [6, 6.07) is 0. The Morgan fingerprint density at radius 1 is 0.174 bits per heavy atom. The fourth-order valence-corrected chi connectivity index (χ4v) is 12.1. The highest BCUT2D eigenvalue weighted by atomic mass is 13.7. The van der Waals surface area contributed by atoms with Crippen molar-refractivity contribution in [3.05, 3.63) is 0 Å². The van der Waals surface area contributed by atoms with Gasteiger partial charge in [0, 0.05) is 483 Å². The van der Waals surface area contributed by atoms with Crippen LogP contribution in [0.15, 0.2) is 0 Å². The summed E-state index contributed by atoms with van der Waals surface area (Å²) >= 11 is 0. The lowest BCUT2D eigenvalue weighted by atomic mass is 8.29. The second-order valence-electron chi connectivity index (χ2n) is 19.2. The third-order valence-corrected chi connectivity index (χ3v) is 14.4. The van der Waals surface area contributed by atoms with Crippen molar-refractivity contribution >= 4 is 483 Å². The maximum absolute atomic E-state index is 6.82. The molecule has 0 rings (SSSR count). The predicted molar refractivity (Wildman–Crippen MR) is 395 cm³/mol. The van der Waals surface area contributed by atoms with Crippen LogP contribution in [0.1, 0.15) is 0 Å². The zero-order chi connectivity index (χ0) is 54.8. The maximum atomic E-state index is 6.82. The minimum absolute atomic E-state index is 1.13. The highest BCUT2D eigenvalue weighted by molar-refractivity contribution is 8.28. The third kappa shape index (κ3) is 19.9. The van der Waals surface area contributed by atoms with Crippen molar-refractivity contribution in [1.82, 2.24) is 0 Å². The van der Waals surface area contributed by atoms with Crippen LogP contribution in [0.25, 0.3) is 0 Å². The van der Waals surface area contributed by atoms with E-state index >= 15 is 0 Å². The Morgan fingerprint density at radius 3 is 0.464 bits per heavy atom. The predicted octanol–water partition coefficient (Wildman–Crippen LogP) is -25.6. The molecule has 0 aliphatic rings. The fraction of sp³-hybridized carbons (Fsp3) is 1.00. The van der Waals surface area contributed by atoms with Crippen molar-refractivity contribution in [3.8, 4) is 0 Å². The summed E-state index contributed by atoms with van der Waals surface area (Å²) in [5.41, 5.74) is -1.68. The van der Waals surface area contributed by atoms with Gasteiger partial charge in [-0.15, -0.1) is 5.62 Å². The molecule has 0 aliphatic heterocycles. The molecule has 71 radical (unpaired) electrons. The molecule has 68 heteroatoms. The molecule has 0 aromatic heterocycles. The minimum atomic E-state index is -1.68.